The molecule has 1 nitrogen and oxygen atoms in total. The van der Waals surface area contributed by atoms with E-state index in [4.69, 9.17) is 5.41 Å². The average Bonchev–Trinajstić information content (AvgIpc) is 2.40. The lowest BCUT2D eigenvalue weighted by Crippen LogP contribution is -2.39. The molecule has 0 radical (unpaired) electrons. The van der Waals surface area contributed by atoms with Crippen molar-refractivity contribution >= 4 is 11.3 Å². The minimum atomic E-state index is 0.798. The van der Waals surface area contributed by atoms with Crippen LogP contribution in [0, 0.1) is 0 Å². The maximum Gasteiger partial charge on any atom is 0.204 e. The molecule has 0 spiro atoms. The van der Waals surface area contributed by atoms with Gasteiger partial charge in [-0.2, -0.15) is 0 Å². The molecule has 2 rings (SSSR count). The van der Waals surface area contributed by atoms with E-state index in [0.717, 1.165) is 11.3 Å². The quantitative estimate of drug-likeness (QED) is 0.771. The minimum absolute atomic E-state index is 0.798. The van der Waals surface area contributed by atoms with Crippen molar-refractivity contribution in [2.24, 2.45) is 0 Å². The van der Waals surface area contributed by atoms with Crippen LogP contribution in [0.2, 0.25) is 0 Å². The van der Waals surface area contributed by atoms with Gasteiger partial charge in [0.05, 0.1) is 0 Å². The summed E-state index contributed by atoms with van der Waals surface area (Å²) < 4.78 is 0. The summed E-state index contributed by atoms with van der Waals surface area (Å²) in [5.41, 5.74) is 4.23. The van der Waals surface area contributed by atoms with Crippen molar-refractivity contribution in [2.75, 3.05) is 0 Å². The fraction of sp³-hybridized carbons (Fsp3) is 0.0625. The summed E-state index contributed by atoms with van der Waals surface area (Å²) in [5.74, 6) is 0. The topological polar surface area (TPSA) is 25.6 Å². The molecule has 2 aromatic rings. The molecule has 0 heterocycles. The first-order valence-corrected chi connectivity index (χ1v) is 5.69. The lowest BCUT2D eigenvalue weighted by molar-refractivity contribution is -0.110. The molecule has 84 valence electrons. The maximum absolute atomic E-state index is 6.07. The van der Waals surface area contributed by atoms with Crippen LogP contribution < -0.4 is 5.41 Å². The Morgan fingerprint density at radius 1 is 0.824 bits per heavy atom. The van der Waals surface area contributed by atoms with E-state index >= 15 is 0 Å². The average molecular weight is 222 g/mol. The summed E-state index contributed by atoms with van der Waals surface area (Å²) in [4.78, 5) is 0. The third-order valence-electron chi connectivity index (χ3n) is 2.71. The zero-order chi connectivity index (χ0) is 12.1. The molecule has 0 aromatic heterocycles. The summed E-state index contributed by atoms with van der Waals surface area (Å²) in [5, 5.41) is 6.07. The van der Waals surface area contributed by atoms with E-state index in [1.165, 1.54) is 11.1 Å². The predicted molar refractivity (Wildman–Crippen MR) is 72.6 cm³/mol. The molecule has 0 bridgehead atoms. The molecule has 2 aromatic carbocycles. The van der Waals surface area contributed by atoms with E-state index in [-0.39, 0.29) is 0 Å². The van der Waals surface area contributed by atoms with Crippen LogP contribution >= 0.6 is 0 Å². The highest BCUT2D eigenvalue weighted by Crippen LogP contribution is 2.13. The van der Waals surface area contributed by atoms with Crippen LogP contribution in [0.4, 0.5) is 0 Å². The Bertz CT molecular complexity index is 524. The monoisotopic (exact) mass is 222 g/mol. The van der Waals surface area contributed by atoms with Gasteiger partial charge in [-0.25, -0.2) is 0 Å². The normalized spacial score (nSPS) is 11.2. The lowest BCUT2D eigenvalue weighted by atomic mass is 10.0. The molecule has 0 aliphatic heterocycles. The summed E-state index contributed by atoms with van der Waals surface area (Å²) in [6.07, 6.45) is 2.02. The number of allylic oxidation sites excluding steroid dienone is 2. The minimum Gasteiger partial charge on any atom is -0.254 e. The molecular weight excluding hydrogens is 206 g/mol. The van der Waals surface area contributed by atoms with E-state index in [2.05, 4.69) is 19.1 Å². The molecule has 2 N–H and O–H groups in total. The molecule has 0 amide bonds. The highest BCUT2D eigenvalue weighted by molar-refractivity contribution is 6.08. The predicted octanol–water partition coefficient (Wildman–Crippen LogP) is 2.34. The molecular formula is C16H16N+. The smallest absolute Gasteiger partial charge is 0.204 e. The van der Waals surface area contributed by atoms with Gasteiger partial charge in [0, 0.05) is 11.6 Å². The second-order valence-corrected chi connectivity index (χ2v) is 4.01. The second kappa shape index (κ2) is 5.26. The summed E-state index contributed by atoms with van der Waals surface area (Å²) in [7, 11) is 0. The Morgan fingerprint density at radius 2 is 1.29 bits per heavy atom. The van der Waals surface area contributed by atoms with Gasteiger partial charge in [-0.15, -0.1) is 0 Å². The van der Waals surface area contributed by atoms with Crippen LogP contribution in [0.3, 0.4) is 0 Å². The standard InChI is InChI=1S/C16H15N/c1-13(14-8-4-2-5-9-14)12-16(17)15-10-6-3-7-11-15/h2-12,17H,1H3/p+1/b13-12+,17-16?. The number of hydrogen-bond donors (Lipinski definition) is 1. The molecule has 0 saturated heterocycles. The second-order valence-electron chi connectivity index (χ2n) is 4.01. The Labute approximate surface area is 102 Å². The Hall–Kier alpha value is -2.15. The number of nitrogens with two attached hydrogens (primary N) is 1. The van der Waals surface area contributed by atoms with Crippen LogP contribution in [0.15, 0.2) is 66.7 Å². The zero-order valence-corrected chi connectivity index (χ0v) is 9.93. The third-order valence-corrected chi connectivity index (χ3v) is 2.71. The van der Waals surface area contributed by atoms with Gasteiger partial charge in [0.2, 0.25) is 5.71 Å². The number of rotatable bonds is 3. The van der Waals surface area contributed by atoms with E-state index in [1.807, 2.05) is 54.6 Å². The van der Waals surface area contributed by atoms with E-state index < -0.39 is 0 Å². The molecule has 0 unspecified atom stereocenters. The van der Waals surface area contributed by atoms with Crippen LogP contribution in [0.5, 0.6) is 0 Å². The Morgan fingerprint density at radius 3 is 1.82 bits per heavy atom. The van der Waals surface area contributed by atoms with Crippen LogP contribution in [0.1, 0.15) is 18.1 Å². The number of hydrogen-bond acceptors (Lipinski definition) is 0. The molecule has 17 heavy (non-hydrogen) atoms. The fourth-order valence-corrected chi connectivity index (χ4v) is 1.73. The molecule has 0 saturated carbocycles. The van der Waals surface area contributed by atoms with Gasteiger partial charge in [0.1, 0.15) is 0 Å². The van der Waals surface area contributed by atoms with Crippen molar-refractivity contribution in [2.45, 2.75) is 6.92 Å². The molecule has 0 fully saturated rings. The van der Waals surface area contributed by atoms with Crippen LogP contribution in [0.25, 0.3) is 5.57 Å². The van der Waals surface area contributed by atoms with Crippen molar-refractivity contribution in [1.82, 2.24) is 0 Å². The molecule has 0 atom stereocenters. The highest BCUT2D eigenvalue weighted by atomic mass is 14.4. The molecule has 1 heteroatoms. The van der Waals surface area contributed by atoms with Crippen molar-refractivity contribution < 1.29 is 5.41 Å². The molecule has 0 aliphatic rings. The van der Waals surface area contributed by atoms with Crippen molar-refractivity contribution in [3.63, 3.8) is 0 Å². The zero-order valence-electron chi connectivity index (χ0n) is 9.93. The van der Waals surface area contributed by atoms with Gasteiger partial charge < -0.3 is 0 Å². The van der Waals surface area contributed by atoms with Crippen molar-refractivity contribution in [3.05, 3.63) is 77.9 Å². The highest BCUT2D eigenvalue weighted by Gasteiger charge is 2.04. The van der Waals surface area contributed by atoms with Gasteiger partial charge >= 0.3 is 0 Å². The summed E-state index contributed by atoms with van der Waals surface area (Å²) in [6.45, 7) is 2.07. The lowest BCUT2D eigenvalue weighted by Gasteiger charge is -2.00. The fourth-order valence-electron chi connectivity index (χ4n) is 1.73. The van der Waals surface area contributed by atoms with Crippen LogP contribution in [-0.4, -0.2) is 5.71 Å². The summed E-state index contributed by atoms with van der Waals surface area (Å²) >= 11 is 0. The van der Waals surface area contributed by atoms with E-state index in [1.54, 1.807) is 0 Å². The first-order chi connectivity index (χ1) is 8.27. The third kappa shape index (κ3) is 2.91. The molecule has 0 aliphatic carbocycles. The first kappa shape index (κ1) is 11.3. The van der Waals surface area contributed by atoms with Crippen molar-refractivity contribution in [3.8, 4) is 0 Å². The number of benzene rings is 2. The maximum atomic E-state index is 6.07. The Balaban J connectivity index is 2.24. The first-order valence-electron chi connectivity index (χ1n) is 5.69. The van der Waals surface area contributed by atoms with E-state index in [0.29, 0.717) is 0 Å². The van der Waals surface area contributed by atoms with Gasteiger partial charge in [-0.05, 0) is 30.2 Å². The SMILES string of the molecule is C/C(=C\C(=[NH2+])c1ccccc1)c1ccccc1. The largest absolute Gasteiger partial charge is 0.254 e. The van der Waals surface area contributed by atoms with Gasteiger partial charge in [0.15, 0.2) is 0 Å². The summed E-state index contributed by atoms with van der Waals surface area (Å²) in [6, 6.07) is 20.3. The van der Waals surface area contributed by atoms with Gasteiger partial charge in [-0.3, -0.25) is 5.41 Å². The van der Waals surface area contributed by atoms with Gasteiger partial charge in [0.25, 0.3) is 0 Å². The van der Waals surface area contributed by atoms with E-state index in [9.17, 15) is 0 Å². The Kier molecular flexibility index (Phi) is 3.51. The van der Waals surface area contributed by atoms with Gasteiger partial charge in [-0.1, -0.05) is 48.5 Å². The van der Waals surface area contributed by atoms with Crippen LogP contribution in [-0.2, 0) is 0 Å². The van der Waals surface area contributed by atoms with Crippen molar-refractivity contribution in [1.29, 1.82) is 0 Å².